The van der Waals surface area contributed by atoms with E-state index in [-0.39, 0.29) is 23.3 Å². The van der Waals surface area contributed by atoms with E-state index in [0.29, 0.717) is 22.5 Å². The smallest absolute Gasteiger partial charge is 0.336 e. The summed E-state index contributed by atoms with van der Waals surface area (Å²) in [6.45, 7) is 0. The summed E-state index contributed by atoms with van der Waals surface area (Å²) in [4.78, 5) is 23.5. The first-order chi connectivity index (χ1) is 15.4. The summed E-state index contributed by atoms with van der Waals surface area (Å²) in [5.74, 6) is 4.86. The Bertz CT molecular complexity index is 1350. The average molecular weight is 425 g/mol. The van der Waals surface area contributed by atoms with Crippen molar-refractivity contribution < 1.29 is 14.3 Å². The first-order valence-electron chi connectivity index (χ1n) is 9.42. The van der Waals surface area contributed by atoms with Crippen molar-refractivity contribution in [1.29, 1.82) is 0 Å². The minimum Gasteiger partial charge on any atom is -0.478 e. The van der Waals surface area contributed by atoms with Crippen LogP contribution in [-0.4, -0.2) is 26.0 Å². The van der Waals surface area contributed by atoms with Crippen LogP contribution >= 0.6 is 0 Å². The van der Waals surface area contributed by atoms with Gasteiger partial charge in [-0.2, -0.15) is 15.0 Å². The molecule has 0 aliphatic rings. The lowest BCUT2D eigenvalue weighted by molar-refractivity contribution is 0.0696. The van der Waals surface area contributed by atoms with Crippen LogP contribution < -0.4 is 11.5 Å². The van der Waals surface area contributed by atoms with E-state index in [0.717, 1.165) is 11.1 Å². The lowest BCUT2D eigenvalue weighted by Crippen LogP contribution is -2.04. The third kappa shape index (κ3) is 4.52. The van der Waals surface area contributed by atoms with Crippen molar-refractivity contribution in [3.8, 4) is 34.4 Å². The van der Waals surface area contributed by atoms with E-state index < -0.39 is 5.97 Å². The molecule has 32 heavy (non-hydrogen) atoms. The van der Waals surface area contributed by atoms with Crippen molar-refractivity contribution in [2.24, 2.45) is 0 Å². The molecule has 7 nitrogen and oxygen atoms in total. The highest BCUT2D eigenvalue weighted by Crippen LogP contribution is 2.23. The van der Waals surface area contributed by atoms with E-state index in [1.807, 2.05) is 0 Å². The molecule has 156 valence electrons. The number of aromatic nitrogens is 3. The number of nitrogen functional groups attached to an aromatic ring is 2. The fourth-order valence-corrected chi connectivity index (χ4v) is 3.04. The number of carboxylic acid groups (broad SMARTS) is 1. The molecule has 4 aromatic rings. The van der Waals surface area contributed by atoms with Gasteiger partial charge in [0.2, 0.25) is 11.9 Å². The molecule has 0 aliphatic carbocycles. The van der Waals surface area contributed by atoms with Crippen LogP contribution in [0.25, 0.3) is 22.5 Å². The van der Waals surface area contributed by atoms with Gasteiger partial charge in [0.05, 0.1) is 5.56 Å². The highest BCUT2D eigenvalue weighted by Gasteiger charge is 2.10. The Hall–Kier alpha value is -4.77. The number of anilines is 2. The molecule has 1 aromatic heterocycles. The van der Waals surface area contributed by atoms with Gasteiger partial charge >= 0.3 is 5.97 Å². The molecule has 1 heterocycles. The highest BCUT2D eigenvalue weighted by atomic mass is 19.1. The molecule has 8 heteroatoms. The maximum atomic E-state index is 13.2. The second-order valence-electron chi connectivity index (χ2n) is 6.78. The molecule has 0 fully saturated rings. The van der Waals surface area contributed by atoms with E-state index in [1.54, 1.807) is 48.5 Å². The summed E-state index contributed by atoms with van der Waals surface area (Å²) in [5, 5.41) is 9.51. The minimum atomic E-state index is -1.08. The van der Waals surface area contributed by atoms with Gasteiger partial charge in [0, 0.05) is 16.7 Å². The fourth-order valence-electron chi connectivity index (χ4n) is 3.04. The Labute approximate surface area is 182 Å². The van der Waals surface area contributed by atoms with E-state index in [1.165, 1.54) is 18.2 Å². The van der Waals surface area contributed by atoms with Gasteiger partial charge in [-0.25, -0.2) is 9.18 Å². The summed E-state index contributed by atoms with van der Waals surface area (Å²) >= 11 is 0. The van der Waals surface area contributed by atoms with E-state index in [4.69, 9.17) is 11.5 Å². The van der Waals surface area contributed by atoms with E-state index >= 15 is 0 Å². The van der Waals surface area contributed by atoms with Crippen LogP contribution in [0, 0.1) is 17.7 Å². The van der Waals surface area contributed by atoms with Crippen molar-refractivity contribution in [2.45, 2.75) is 0 Å². The quantitative estimate of drug-likeness (QED) is 0.428. The topological polar surface area (TPSA) is 128 Å². The molecule has 0 spiro atoms. The normalized spacial score (nSPS) is 10.3. The minimum absolute atomic E-state index is 0.0265. The zero-order valence-electron chi connectivity index (χ0n) is 16.6. The maximum Gasteiger partial charge on any atom is 0.336 e. The summed E-state index contributed by atoms with van der Waals surface area (Å²) in [7, 11) is 0. The number of halogens is 1. The SMILES string of the molecule is Nc1nc(N)nc(-c2ccc(C#Cc3cc(-c4ccc(F)cc4)ccc3C(=O)O)cc2)n1. The Morgan fingerprint density at radius 1 is 0.781 bits per heavy atom. The number of hydrogen-bond acceptors (Lipinski definition) is 6. The zero-order valence-corrected chi connectivity index (χ0v) is 16.6. The molecule has 0 saturated heterocycles. The van der Waals surface area contributed by atoms with Gasteiger partial charge in [-0.05, 0) is 59.7 Å². The molecular formula is C24H16FN5O2. The van der Waals surface area contributed by atoms with Gasteiger partial charge in [0.1, 0.15) is 5.82 Å². The Morgan fingerprint density at radius 2 is 1.38 bits per heavy atom. The molecule has 0 unspecified atom stereocenters. The molecule has 0 amide bonds. The number of hydrogen-bond donors (Lipinski definition) is 3. The van der Waals surface area contributed by atoms with Gasteiger partial charge in [-0.1, -0.05) is 30.0 Å². The standard InChI is InChI=1S/C24H16FN5O2/c25-19-10-7-15(8-11-19)17-9-12-20(22(31)32)18(13-17)6-3-14-1-4-16(5-2-14)21-28-23(26)30-24(27)29-21/h1-2,4-5,7-13H,(H,31,32)(H4,26,27,28,29,30). The Kier molecular flexibility index (Phi) is 5.47. The number of nitrogens with two attached hydrogens (primary N) is 2. The summed E-state index contributed by atoms with van der Waals surface area (Å²) in [6.07, 6.45) is 0. The van der Waals surface area contributed by atoms with Crippen molar-refractivity contribution in [3.63, 3.8) is 0 Å². The maximum absolute atomic E-state index is 13.2. The van der Waals surface area contributed by atoms with Crippen molar-refractivity contribution in [2.75, 3.05) is 11.5 Å². The monoisotopic (exact) mass is 425 g/mol. The molecule has 0 saturated carbocycles. The Balaban J connectivity index is 1.66. The van der Waals surface area contributed by atoms with Crippen molar-refractivity contribution >= 4 is 17.9 Å². The van der Waals surface area contributed by atoms with Gasteiger partial charge in [-0.3, -0.25) is 0 Å². The van der Waals surface area contributed by atoms with Gasteiger partial charge in [-0.15, -0.1) is 0 Å². The van der Waals surface area contributed by atoms with Crippen LogP contribution in [0.5, 0.6) is 0 Å². The predicted molar refractivity (Wildman–Crippen MR) is 119 cm³/mol. The number of nitrogens with zero attached hydrogens (tertiary/aromatic N) is 3. The van der Waals surface area contributed by atoms with E-state index in [9.17, 15) is 14.3 Å². The molecular weight excluding hydrogens is 409 g/mol. The van der Waals surface area contributed by atoms with Crippen LogP contribution in [0.1, 0.15) is 21.5 Å². The molecule has 0 radical (unpaired) electrons. The van der Waals surface area contributed by atoms with Gasteiger partial charge < -0.3 is 16.6 Å². The van der Waals surface area contributed by atoms with E-state index in [2.05, 4.69) is 26.8 Å². The third-order valence-corrected chi connectivity index (χ3v) is 4.58. The molecule has 0 bridgehead atoms. The summed E-state index contributed by atoms with van der Waals surface area (Å²) < 4.78 is 13.2. The number of carbonyl (C=O) groups is 1. The third-order valence-electron chi connectivity index (χ3n) is 4.58. The van der Waals surface area contributed by atoms with Crippen LogP contribution in [0.15, 0.2) is 66.7 Å². The zero-order chi connectivity index (χ0) is 22.7. The molecule has 0 aliphatic heterocycles. The van der Waals surface area contributed by atoms with Crippen LogP contribution in [-0.2, 0) is 0 Å². The lowest BCUT2D eigenvalue weighted by atomic mass is 9.99. The fraction of sp³-hybridized carbons (Fsp3) is 0. The second-order valence-corrected chi connectivity index (χ2v) is 6.78. The lowest BCUT2D eigenvalue weighted by Gasteiger charge is -2.05. The Morgan fingerprint density at radius 3 is 2.00 bits per heavy atom. The number of carboxylic acids is 1. The van der Waals surface area contributed by atoms with Crippen molar-refractivity contribution in [3.05, 3.63) is 89.2 Å². The first-order valence-corrected chi connectivity index (χ1v) is 9.42. The predicted octanol–water partition coefficient (Wildman–Crippen LogP) is 3.61. The van der Waals surface area contributed by atoms with Crippen LogP contribution in [0.2, 0.25) is 0 Å². The van der Waals surface area contributed by atoms with Crippen molar-refractivity contribution in [1.82, 2.24) is 15.0 Å². The van der Waals surface area contributed by atoms with Gasteiger partial charge in [0.15, 0.2) is 5.82 Å². The van der Waals surface area contributed by atoms with Crippen LogP contribution in [0.3, 0.4) is 0 Å². The number of aromatic carboxylic acids is 1. The summed E-state index contributed by atoms with van der Waals surface area (Å²) in [5.41, 5.74) is 14.5. The van der Waals surface area contributed by atoms with Gasteiger partial charge in [0.25, 0.3) is 0 Å². The largest absolute Gasteiger partial charge is 0.478 e. The highest BCUT2D eigenvalue weighted by molar-refractivity contribution is 5.92. The molecule has 4 rings (SSSR count). The van der Waals surface area contributed by atoms with Crippen LogP contribution in [0.4, 0.5) is 16.3 Å². The molecule has 0 atom stereocenters. The number of benzene rings is 3. The average Bonchev–Trinajstić information content (AvgIpc) is 2.77. The second kappa shape index (κ2) is 8.53. The summed E-state index contributed by atoms with van der Waals surface area (Å²) in [6, 6.07) is 17.8. The number of rotatable bonds is 3. The molecule has 5 N–H and O–H groups in total. The first kappa shape index (κ1) is 20.5. The molecule has 3 aromatic carbocycles.